The second kappa shape index (κ2) is 8.72. The summed E-state index contributed by atoms with van der Waals surface area (Å²) in [7, 11) is -7.60. The Kier molecular flexibility index (Phi) is 7.06. The molecule has 0 radical (unpaired) electrons. The molecular weight excluding hydrogens is 435 g/mol. The van der Waals surface area contributed by atoms with Crippen LogP contribution < -0.4 is 10.3 Å². The number of hydrogen-bond acceptors (Lipinski definition) is 6. The van der Waals surface area contributed by atoms with E-state index in [1.165, 1.54) is 34.6 Å². The first-order valence-electron chi connectivity index (χ1n) is 7.80. The summed E-state index contributed by atoms with van der Waals surface area (Å²) >= 11 is 11.6. The smallest absolute Gasteiger partial charge is 0.257 e. The molecule has 1 aromatic heterocycles. The van der Waals surface area contributed by atoms with E-state index in [0.717, 1.165) is 6.20 Å². The van der Waals surface area contributed by atoms with Crippen LogP contribution in [0.15, 0.2) is 46.3 Å². The molecule has 0 saturated heterocycles. The Morgan fingerprint density at radius 3 is 2.04 bits per heavy atom. The van der Waals surface area contributed by atoms with Gasteiger partial charge in [0, 0.05) is 29.3 Å². The van der Waals surface area contributed by atoms with Gasteiger partial charge in [0.2, 0.25) is 10.0 Å². The van der Waals surface area contributed by atoms with Crippen LogP contribution in [0.3, 0.4) is 0 Å². The van der Waals surface area contributed by atoms with Gasteiger partial charge in [-0.25, -0.2) is 21.8 Å². The molecule has 148 valence electrons. The predicted molar refractivity (Wildman–Crippen MR) is 105 cm³/mol. The van der Waals surface area contributed by atoms with Gasteiger partial charge in [0.15, 0.2) is 0 Å². The average Bonchev–Trinajstić information content (AvgIpc) is 2.60. The standard InChI is InChI=1S/C15H18Cl2N4O4S2/c1-3-21(4-2)27(24,25)13-5-6-15(18-10-13)19-20-26(22,23)14-8-11(16)7-12(17)9-14/h5-10,20H,3-4H2,1-2H3,(H,18,19). The second-order valence-corrected chi connectivity index (χ2v) is 9.80. The number of anilines is 1. The zero-order valence-corrected chi connectivity index (χ0v) is 17.6. The van der Waals surface area contributed by atoms with E-state index in [-0.39, 0.29) is 25.7 Å². The fourth-order valence-corrected chi connectivity index (χ4v) is 5.16. The molecule has 0 bridgehead atoms. The van der Waals surface area contributed by atoms with Crippen molar-refractivity contribution in [2.45, 2.75) is 23.6 Å². The normalized spacial score (nSPS) is 12.3. The Balaban J connectivity index is 2.15. The van der Waals surface area contributed by atoms with E-state index in [2.05, 4.69) is 15.2 Å². The van der Waals surface area contributed by atoms with Crippen molar-refractivity contribution < 1.29 is 16.8 Å². The van der Waals surface area contributed by atoms with Crippen LogP contribution >= 0.6 is 23.2 Å². The summed E-state index contributed by atoms with van der Waals surface area (Å²) in [6, 6.07) is 6.58. The Morgan fingerprint density at radius 2 is 1.56 bits per heavy atom. The van der Waals surface area contributed by atoms with Gasteiger partial charge in [0.05, 0.1) is 4.90 Å². The molecule has 0 saturated carbocycles. The molecule has 27 heavy (non-hydrogen) atoms. The molecule has 0 unspecified atom stereocenters. The predicted octanol–water partition coefficient (Wildman–Crippen LogP) is 2.72. The number of halogens is 2. The van der Waals surface area contributed by atoms with E-state index >= 15 is 0 Å². The number of aromatic nitrogens is 1. The third-order valence-electron chi connectivity index (χ3n) is 3.54. The van der Waals surface area contributed by atoms with Crippen molar-refractivity contribution in [3.05, 3.63) is 46.6 Å². The van der Waals surface area contributed by atoms with Gasteiger partial charge in [0.1, 0.15) is 10.7 Å². The second-order valence-electron chi connectivity index (χ2n) is 5.30. The number of hydrazine groups is 1. The number of nitrogens with one attached hydrogen (secondary N) is 2. The monoisotopic (exact) mass is 452 g/mol. The summed E-state index contributed by atoms with van der Waals surface area (Å²) in [6.07, 6.45) is 1.15. The topological polar surface area (TPSA) is 108 Å². The largest absolute Gasteiger partial charge is 0.292 e. The van der Waals surface area contributed by atoms with Crippen LogP contribution in [-0.2, 0) is 20.0 Å². The van der Waals surface area contributed by atoms with Gasteiger partial charge < -0.3 is 0 Å². The first-order chi connectivity index (χ1) is 12.6. The highest BCUT2D eigenvalue weighted by Crippen LogP contribution is 2.22. The van der Waals surface area contributed by atoms with E-state index < -0.39 is 20.0 Å². The van der Waals surface area contributed by atoms with Crippen molar-refractivity contribution in [1.82, 2.24) is 14.1 Å². The molecule has 0 aliphatic rings. The van der Waals surface area contributed by atoms with Crippen molar-refractivity contribution in [3.63, 3.8) is 0 Å². The molecule has 12 heteroatoms. The highest BCUT2D eigenvalue weighted by Gasteiger charge is 2.22. The van der Waals surface area contributed by atoms with Crippen LogP contribution in [0.4, 0.5) is 5.82 Å². The van der Waals surface area contributed by atoms with Gasteiger partial charge >= 0.3 is 0 Å². The zero-order valence-electron chi connectivity index (χ0n) is 14.5. The minimum atomic E-state index is -3.96. The number of sulfonamides is 2. The Bertz CT molecular complexity index is 988. The lowest BCUT2D eigenvalue weighted by Crippen LogP contribution is -2.31. The van der Waals surface area contributed by atoms with Crippen LogP contribution in [0.25, 0.3) is 0 Å². The van der Waals surface area contributed by atoms with Crippen molar-refractivity contribution in [2.24, 2.45) is 0 Å². The molecule has 1 aromatic carbocycles. The molecule has 2 aromatic rings. The van der Waals surface area contributed by atoms with Crippen LogP contribution in [0.5, 0.6) is 0 Å². The van der Waals surface area contributed by atoms with Crippen molar-refractivity contribution in [3.8, 4) is 0 Å². The van der Waals surface area contributed by atoms with Crippen LogP contribution in [-0.4, -0.2) is 39.2 Å². The molecule has 0 amide bonds. The maximum atomic E-state index is 12.4. The highest BCUT2D eigenvalue weighted by atomic mass is 35.5. The van der Waals surface area contributed by atoms with Gasteiger partial charge in [0.25, 0.3) is 10.0 Å². The van der Waals surface area contributed by atoms with E-state index in [1.807, 2.05) is 0 Å². The van der Waals surface area contributed by atoms with Gasteiger partial charge in [-0.3, -0.25) is 5.43 Å². The molecule has 0 aliphatic heterocycles. The lowest BCUT2D eigenvalue weighted by Gasteiger charge is -2.18. The first kappa shape index (κ1) is 21.9. The molecule has 0 spiro atoms. The van der Waals surface area contributed by atoms with Crippen molar-refractivity contribution in [2.75, 3.05) is 18.5 Å². The lowest BCUT2D eigenvalue weighted by atomic mass is 10.4. The van der Waals surface area contributed by atoms with Crippen molar-refractivity contribution in [1.29, 1.82) is 0 Å². The molecule has 0 atom stereocenters. The molecule has 8 nitrogen and oxygen atoms in total. The summed E-state index contributed by atoms with van der Waals surface area (Å²) < 4.78 is 50.7. The third kappa shape index (κ3) is 5.31. The minimum Gasteiger partial charge on any atom is -0.292 e. The fourth-order valence-electron chi connectivity index (χ4n) is 2.18. The van der Waals surface area contributed by atoms with E-state index in [9.17, 15) is 16.8 Å². The Hall–Kier alpha value is -1.43. The summed E-state index contributed by atoms with van der Waals surface area (Å²) in [5.74, 6) is 0.116. The van der Waals surface area contributed by atoms with Gasteiger partial charge in [-0.05, 0) is 30.3 Å². The van der Waals surface area contributed by atoms with E-state index in [1.54, 1.807) is 13.8 Å². The first-order valence-corrected chi connectivity index (χ1v) is 11.5. The van der Waals surface area contributed by atoms with Gasteiger partial charge in [-0.15, -0.1) is 4.83 Å². The quantitative estimate of drug-likeness (QED) is 0.595. The number of pyridine rings is 1. The molecular formula is C15H18Cl2N4O4S2. The van der Waals surface area contributed by atoms with Crippen LogP contribution in [0, 0.1) is 0 Å². The van der Waals surface area contributed by atoms with E-state index in [0.29, 0.717) is 13.1 Å². The van der Waals surface area contributed by atoms with Crippen LogP contribution in [0.2, 0.25) is 10.0 Å². The SMILES string of the molecule is CCN(CC)S(=O)(=O)c1ccc(NNS(=O)(=O)c2cc(Cl)cc(Cl)c2)nc1. The molecule has 1 heterocycles. The van der Waals surface area contributed by atoms with E-state index in [4.69, 9.17) is 23.2 Å². The summed E-state index contributed by atoms with van der Waals surface area (Å²) in [5.41, 5.74) is 2.41. The molecule has 2 N–H and O–H groups in total. The summed E-state index contributed by atoms with van der Waals surface area (Å²) in [6.45, 7) is 4.14. The van der Waals surface area contributed by atoms with Crippen molar-refractivity contribution >= 4 is 49.1 Å². The third-order valence-corrected chi connectivity index (χ3v) is 7.24. The zero-order chi connectivity index (χ0) is 20.2. The highest BCUT2D eigenvalue weighted by molar-refractivity contribution is 7.89. The number of rotatable bonds is 8. The average molecular weight is 453 g/mol. The number of benzene rings is 1. The Labute approximate surface area is 168 Å². The lowest BCUT2D eigenvalue weighted by molar-refractivity contribution is 0.445. The van der Waals surface area contributed by atoms with Crippen LogP contribution in [0.1, 0.15) is 13.8 Å². The number of nitrogens with zero attached hydrogens (tertiary/aromatic N) is 2. The maximum Gasteiger partial charge on any atom is 0.257 e. The molecule has 0 aliphatic carbocycles. The summed E-state index contributed by atoms with van der Waals surface area (Å²) in [4.78, 5) is 5.95. The van der Waals surface area contributed by atoms with Gasteiger partial charge in [-0.2, -0.15) is 4.31 Å². The minimum absolute atomic E-state index is 0.0150. The maximum absolute atomic E-state index is 12.4. The number of hydrogen-bond donors (Lipinski definition) is 2. The Morgan fingerprint density at radius 1 is 0.963 bits per heavy atom. The summed E-state index contributed by atoms with van der Waals surface area (Å²) in [5, 5.41) is 0.346. The molecule has 2 rings (SSSR count). The fraction of sp³-hybridized carbons (Fsp3) is 0.267. The van der Waals surface area contributed by atoms with Gasteiger partial charge in [-0.1, -0.05) is 37.0 Å². The molecule has 0 fully saturated rings.